The number of esters is 1. The number of hydrogen-bond donors (Lipinski definition) is 0. The maximum Gasteiger partial charge on any atom is 0.359 e. The predicted molar refractivity (Wildman–Crippen MR) is 101 cm³/mol. The fraction of sp³-hybridized carbons (Fsp3) is 0.158. The first kappa shape index (κ1) is 17.2. The van der Waals surface area contributed by atoms with Gasteiger partial charge in [0.1, 0.15) is 11.8 Å². The molecule has 3 heterocycles. The molecule has 0 bridgehead atoms. The van der Waals surface area contributed by atoms with Crippen LogP contribution in [-0.4, -0.2) is 31.5 Å². The van der Waals surface area contributed by atoms with Crippen molar-refractivity contribution in [3.8, 4) is 0 Å². The van der Waals surface area contributed by atoms with Crippen molar-refractivity contribution in [2.45, 2.75) is 13.5 Å². The van der Waals surface area contributed by atoms with Gasteiger partial charge in [0.25, 0.3) is 5.56 Å². The average Bonchev–Trinajstić information content (AvgIpc) is 3.11. The Morgan fingerprint density at radius 1 is 1.22 bits per heavy atom. The fourth-order valence-electron chi connectivity index (χ4n) is 3.10. The van der Waals surface area contributed by atoms with E-state index in [1.807, 2.05) is 12.1 Å². The molecule has 4 rings (SSSR count). The van der Waals surface area contributed by atoms with Gasteiger partial charge < -0.3 is 9.30 Å². The normalized spacial score (nSPS) is 11.2. The lowest BCUT2D eigenvalue weighted by atomic mass is 10.2. The van der Waals surface area contributed by atoms with Crippen LogP contribution in [0, 0.1) is 0 Å². The molecule has 0 radical (unpaired) electrons. The van der Waals surface area contributed by atoms with Crippen LogP contribution in [0.1, 0.15) is 23.0 Å². The summed E-state index contributed by atoms with van der Waals surface area (Å²) in [6.45, 7) is 2.17. The van der Waals surface area contributed by atoms with Crippen molar-refractivity contribution in [1.29, 1.82) is 0 Å². The largest absolute Gasteiger partial charge is 0.461 e. The molecule has 0 aliphatic rings. The number of fused-ring (bicyclic) bond motifs is 3. The molecule has 0 spiro atoms. The van der Waals surface area contributed by atoms with Gasteiger partial charge in [0, 0.05) is 12.4 Å². The zero-order valence-corrected chi connectivity index (χ0v) is 15.2. The number of ether oxygens (including phenoxy) is 1. The highest BCUT2D eigenvalue weighted by molar-refractivity contribution is 6.35. The Hall–Kier alpha value is -3.19. The van der Waals surface area contributed by atoms with Gasteiger partial charge in [-0.25, -0.2) is 9.78 Å². The molecule has 0 saturated carbocycles. The summed E-state index contributed by atoms with van der Waals surface area (Å²) in [7, 11) is 0. The van der Waals surface area contributed by atoms with Gasteiger partial charge in [-0.3, -0.25) is 14.2 Å². The molecule has 1 aromatic carbocycles. The number of hydrogen-bond acceptors (Lipinski definition) is 5. The molecule has 0 aliphatic carbocycles. The van der Waals surface area contributed by atoms with E-state index in [-0.39, 0.29) is 29.9 Å². The van der Waals surface area contributed by atoms with Crippen molar-refractivity contribution in [3.63, 3.8) is 0 Å². The summed E-state index contributed by atoms with van der Waals surface area (Å²) >= 11 is 6.42. The molecule has 0 unspecified atom stereocenters. The lowest BCUT2D eigenvalue weighted by molar-refractivity contribution is 0.0522. The Bertz CT molecular complexity index is 1210. The van der Waals surface area contributed by atoms with E-state index >= 15 is 0 Å². The number of aromatic nitrogens is 4. The average molecular weight is 383 g/mol. The molecule has 8 heteroatoms. The molecule has 0 atom stereocenters. The Kier molecular flexibility index (Phi) is 4.37. The van der Waals surface area contributed by atoms with E-state index in [0.717, 1.165) is 5.56 Å². The summed E-state index contributed by atoms with van der Waals surface area (Å²) in [4.78, 5) is 33.8. The first-order chi connectivity index (χ1) is 13.1. The molecule has 3 aromatic heterocycles. The van der Waals surface area contributed by atoms with Gasteiger partial charge >= 0.3 is 5.97 Å². The molecule has 27 heavy (non-hydrogen) atoms. The van der Waals surface area contributed by atoms with Crippen LogP contribution in [-0.2, 0) is 11.3 Å². The predicted octanol–water partition coefficient (Wildman–Crippen LogP) is 2.92. The topological polar surface area (TPSA) is 78.5 Å². The summed E-state index contributed by atoms with van der Waals surface area (Å²) in [6, 6.07) is 8.99. The highest BCUT2D eigenvalue weighted by Gasteiger charge is 2.22. The molecule has 4 aromatic rings. The highest BCUT2D eigenvalue weighted by atomic mass is 35.5. The molecule has 0 saturated heterocycles. The van der Waals surface area contributed by atoms with Gasteiger partial charge in [0.2, 0.25) is 0 Å². The maximum atomic E-state index is 13.3. The van der Waals surface area contributed by atoms with Gasteiger partial charge in [-0.2, -0.15) is 0 Å². The summed E-state index contributed by atoms with van der Waals surface area (Å²) < 4.78 is 8.16. The molecular formula is C19H15ClN4O3. The number of halogens is 1. The van der Waals surface area contributed by atoms with E-state index in [1.165, 1.54) is 6.33 Å². The molecular weight excluding hydrogens is 368 g/mol. The van der Waals surface area contributed by atoms with Gasteiger partial charge in [-0.05, 0) is 30.7 Å². The molecule has 136 valence electrons. The minimum atomic E-state index is -0.642. The Morgan fingerprint density at radius 2 is 2.07 bits per heavy atom. The Morgan fingerprint density at radius 3 is 2.81 bits per heavy atom. The second kappa shape index (κ2) is 6.85. The minimum absolute atomic E-state index is 0.0244. The van der Waals surface area contributed by atoms with E-state index in [1.54, 1.807) is 46.5 Å². The second-order valence-electron chi connectivity index (χ2n) is 5.89. The van der Waals surface area contributed by atoms with Crippen LogP contribution in [0.3, 0.4) is 0 Å². The summed E-state index contributed by atoms with van der Waals surface area (Å²) in [6.07, 6.45) is 4.78. The van der Waals surface area contributed by atoms with Gasteiger partial charge in [-0.15, -0.1) is 0 Å². The number of carbonyl (C=O) groups excluding carboxylic acids is 1. The lowest BCUT2D eigenvalue weighted by Gasteiger charge is -2.13. The van der Waals surface area contributed by atoms with Gasteiger partial charge in [-0.1, -0.05) is 23.7 Å². The zero-order chi connectivity index (χ0) is 19.0. The quantitative estimate of drug-likeness (QED) is 0.507. The SMILES string of the molecule is CCOC(=O)c1ncn2c1c(=O)n(Cc1cccnc1)c1cccc(Cl)c12. The monoisotopic (exact) mass is 382 g/mol. The molecule has 0 amide bonds. The van der Waals surface area contributed by atoms with Crippen LogP contribution in [0.15, 0.2) is 53.8 Å². The first-order valence-corrected chi connectivity index (χ1v) is 8.73. The van der Waals surface area contributed by atoms with E-state index in [4.69, 9.17) is 16.3 Å². The number of benzene rings is 1. The highest BCUT2D eigenvalue weighted by Crippen LogP contribution is 2.25. The van der Waals surface area contributed by atoms with Crippen LogP contribution < -0.4 is 5.56 Å². The number of para-hydroxylation sites is 1. The Balaban J connectivity index is 2.07. The van der Waals surface area contributed by atoms with E-state index in [0.29, 0.717) is 16.1 Å². The van der Waals surface area contributed by atoms with Crippen LogP contribution in [0.4, 0.5) is 0 Å². The number of carbonyl (C=O) groups is 1. The molecule has 7 nitrogen and oxygen atoms in total. The van der Waals surface area contributed by atoms with Gasteiger partial charge in [0.05, 0.1) is 29.2 Å². The zero-order valence-electron chi connectivity index (χ0n) is 14.4. The van der Waals surface area contributed by atoms with Crippen molar-refractivity contribution < 1.29 is 9.53 Å². The lowest BCUT2D eigenvalue weighted by Crippen LogP contribution is -2.25. The van der Waals surface area contributed by atoms with E-state index < -0.39 is 5.97 Å². The fourth-order valence-corrected chi connectivity index (χ4v) is 3.36. The third-order valence-electron chi connectivity index (χ3n) is 4.24. The van der Waals surface area contributed by atoms with Crippen molar-refractivity contribution in [2.24, 2.45) is 0 Å². The summed E-state index contributed by atoms with van der Waals surface area (Å²) in [5, 5.41) is 0.449. The van der Waals surface area contributed by atoms with Crippen LogP contribution in [0.25, 0.3) is 16.6 Å². The minimum Gasteiger partial charge on any atom is -0.461 e. The smallest absolute Gasteiger partial charge is 0.359 e. The summed E-state index contributed by atoms with van der Waals surface area (Å²) in [5.41, 5.74) is 1.84. The van der Waals surface area contributed by atoms with Crippen LogP contribution >= 0.6 is 11.6 Å². The van der Waals surface area contributed by atoms with Crippen molar-refractivity contribution in [2.75, 3.05) is 6.61 Å². The number of nitrogens with zero attached hydrogens (tertiary/aromatic N) is 4. The standard InChI is InChI=1S/C19H15ClN4O3/c1-2-27-19(26)15-17-18(25)23(10-12-5-4-8-21-9-12)14-7-3-6-13(20)16(14)24(17)11-22-15/h3-9,11H,2,10H2,1H3. The third-order valence-corrected chi connectivity index (χ3v) is 4.55. The molecule has 0 N–H and O–H groups in total. The Labute approximate surface area is 158 Å². The summed E-state index contributed by atoms with van der Waals surface area (Å²) in [5.74, 6) is -0.642. The number of pyridine rings is 1. The van der Waals surface area contributed by atoms with Crippen molar-refractivity contribution >= 4 is 34.1 Å². The van der Waals surface area contributed by atoms with Crippen molar-refractivity contribution in [3.05, 3.63) is 75.7 Å². The van der Waals surface area contributed by atoms with Crippen molar-refractivity contribution in [1.82, 2.24) is 18.9 Å². The molecule has 0 fully saturated rings. The second-order valence-corrected chi connectivity index (χ2v) is 6.30. The van der Waals surface area contributed by atoms with E-state index in [2.05, 4.69) is 9.97 Å². The first-order valence-electron chi connectivity index (χ1n) is 8.36. The maximum absolute atomic E-state index is 13.3. The van der Waals surface area contributed by atoms with E-state index in [9.17, 15) is 9.59 Å². The van der Waals surface area contributed by atoms with Gasteiger partial charge in [0.15, 0.2) is 5.69 Å². The van der Waals surface area contributed by atoms with Crippen LogP contribution in [0.2, 0.25) is 5.02 Å². The number of imidazole rings is 1. The van der Waals surface area contributed by atoms with Crippen LogP contribution in [0.5, 0.6) is 0 Å². The number of rotatable bonds is 4. The molecule has 0 aliphatic heterocycles. The third kappa shape index (κ3) is 2.86.